The lowest BCUT2D eigenvalue weighted by Gasteiger charge is -2.24. The number of nitrogens with two attached hydrogens (primary N) is 1. The number of alkyl halides is 1. The van der Waals surface area contributed by atoms with Crippen LogP contribution in [0.25, 0.3) is 5.52 Å². The summed E-state index contributed by atoms with van der Waals surface area (Å²) in [6, 6.07) is 3.27. The first kappa shape index (κ1) is 13.2. The summed E-state index contributed by atoms with van der Waals surface area (Å²) < 4.78 is 21.2. The molecule has 3 rings (SSSR count). The summed E-state index contributed by atoms with van der Waals surface area (Å²) in [7, 11) is 0. The zero-order valence-corrected chi connectivity index (χ0v) is 10.8. The summed E-state index contributed by atoms with van der Waals surface area (Å²) in [5.74, 6) is 0.269. The smallest absolute Gasteiger partial charge is 0.160 e. The van der Waals surface area contributed by atoms with E-state index in [9.17, 15) is 14.6 Å². The molecule has 0 bridgehead atoms. The largest absolute Gasteiger partial charge is 0.393 e. The molecule has 1 aliphatic heterocycles. The molecule has 1 saturated heterocycles. The molecule has 0 aliphatic carbocycles. The maximum atomic E-state index is 14.3. The molecule has 1 aliphatic rings. The molecule has 4 N–H and O–H groups in total. The van der Waals surface area contributed by atoms with Gasteiger partial charge in [-0.2, -0.15) is 5.10 Å². The van der Waals surface area contributed by atoms with E-state index in [0.29, 0.717) is 11.2 Å². The summed E-state index contributed by atoms with van der Waals surface area (Å²) in [6.45, 7) is 0.981. The van der Waals surface area contributed by atoms with Crippen LogP contribution in [0.1, 0.15) is 18.7 Å². The average molecular weight is 282 g/mol. The van der Waals surface area contributed by atoms with Crippen LogP contribution in [0.15, 0.2) is 18.5 Å². The van der Waals surface area contributed by atoms with Gasteiger partial charge in [-0.05, 0) is 19.1 Å². The molecule has 0 spiro atoms. The third-order valence-electron chi connectivity index (χ3n) is 3.73. The lowest BCUT2D eigenvalue weighted by Crippen LogP contribution is -2.42. The number of nitrogens with zero attached hydrogens (tertiary/aromatic N) is 3. The van der Waals surface area contributed by atoms with Crippen molar-refractivity contribution < 1.29 is 19.3 Å². The number of aliphatic hydroxyl groups excluding tert-OH is 2. The standard InChI is InChI=1S/C12H15FN4O3/c1-12(4-18)10(19)8(13)9(20-12)6-2-3-7-11(14)15-5-16-17(6)7/h2-3,5,8-10,18-19H,4H2,1H3,(H2,14,15,16). The van der Waals surface area contributed by atoms with Crippen molar-refractivity contribution in [1.29, 1.82) is 0 Å². The van der Waals surface area contributed by atoms with Crippen molar-refractivity contribution in [3.8, 4) is 0 Å². The van der Waals surface area contributed by atoms with Crippen molar-refractivity contribution in [3.05, 3.63) is 24.2 Å². The summed E-state index contributed by atoms with van der Waals surface area (Å²) in [5.41, 5.74) is 5.32. The monoisotopic (exact) mass is 282 g/mol. The molecule has 4 atom stereocenters. The zero-order valence-electron chi connectivity index (χ0n) is 10.8. The maximum absolute atomic E-state index is 14.3. The number of aromatic nitrogens is 3. The van der Waals surface area contributed by atoms with E-state index in [4.69, 9.17) is 10.5 Å². The van der Waals surface area contributed by atoms with Crippen molar-refractivity contribution in [2.24, 2.45) is 0 Å². The number of fused-ring (bicyclic) bond motifs is 1. The summed E-state index contributed by atoms with van der Waals surface area (Å²) in [4.78, 5) is 3.85. The van der Waals surface area contributed by atoms with Crippen LogP contribution in [0.5, 0.6) is 0 Å². The van der Waals surface area contributed by atoms with Crippen LogP contribution in [0, 0.1) is 0 Å². The van der Waals surface area contributed by atoms with Gasteiger partial charge in [-0.1, -0.05) is 0 Å². The SMILES string of the molecule is CC1(CO)OC(c2ccc3c(N)ncnn23)C(F)C1O. The Morgan fingerprint density at radius 2 is 2.30 bits per heavy atom. The molecule has 108 valence electrons. The molecule has 1 fully saturated rings. The van der Waals surface area contributed by atoms with Gasteiger partial charge in [-0.3, -0.25) is 0 Å². The molecular formula is C12H15FN4O3. The quantitative estimate of drug-likeness (QED) is 0.706. The van der Waals surface area contributed by atoms with Crippen LogP contribution in [-0.4, -0.2) is 49.3 Å². The van der Waals surface area contributed by atoms with Crippen molar-refractivity contribution in [3.63, 3.8) is 0 Å². The fraction of sp³-hybridized carbons (Fsp3) is 0.500. The second-order valence-corrected chi connectivity index (χ2v) is 5.10. The molecule has 4 unspecified atom stereocenters. The van der Waals surface area contributed by atoms with Gasteiger partial charge in [-0.25, -0.2) is 13.9 Å². The highest BCUT2D eigenvalue weighted by Gasteiger charge is 2.53. The summed E-state index contributed by atoms with van der Waals surface area (Å²) in [6.07, 6.45) is -2.85. The van der Waals surface area contributed by atoms with E-state index in [0.717, 1.165) is 0 Å². The van der Waals surface area contributed by atoms with Gasteiger partial charge in [0.1, 0.15) is 29.7 Å². The Hall–Kier alpha value is -1.77. The Balaban J connectivity index is 2.06. The van der Waals surface area contributed by atoms with E-state index in [1.54, 1.807) is 12.1 Å². The van der Waals surface area contributed by atoms with Gasteiger partial charge in [0, 0.05) is 0 Å². The van der Waals surface area contributed by atoms with Gasteiger partial charge in [0.25, 0.3) is 0 Å². The number of aliphatic hydroxyl groups is 2. The van der Waals surface area contributed by atoms with Crippen molar-refractivity contribution in [1.82, 2.24) is 14.6 Å². The van der Waals surface area contributed by atoms with Crippen molar-refractivity contribution >= 4 is 11.3 Å². The lowest BCUT2D eigenvalue weighted by atomic mass is 9.98. The van der Waals surface area contributed by atoms with E-state index in [1.165, 1.54) is 17.8 Å². The molecule has 8 heteroatoms. The third kappa shape index (κ3) is 1.69. The predicted octanol–water partition coefficient (Wildman–Crippen LogP) is -0.167. The number of hydrogen-bond acceptors (Lipinski definition) is 6. The van der Waals surface area contributed by atoms with Crippen LogP contribution in [0.4, 0.5) is 10.2 Å². The molecule has 0 aromatic carbocycles. The number of hydrogen-bond donors (Lipinski definition) is 3. The number of nitrogen functional groups attached to an aromatic ring is 1. The van der Waals surface area contributed by atoms with E-state index in [2.05, 4.69) is 10.1 Å². The molecule has 0 saturated carbocycles. The van der Waals surface area contributed by atoms with Gasteiger partial charge in [0.05, 0.1) is 12.3 Å². The minimum atomic E-state index is -1.67. The van der Waals surface area contributed by atoms with E-state index >= 15 is 0 Å². The summed E-state index contributed by atoms with van der Waals surface area (Å²) in [5, 5.41) is 23.2. The third-order valence-corrected chi connectivity index (χ3v) is 3.73. The first-order valence-electron chi connectivity index (χ1n) is 6.17. The molecule has 0 amide bonds. The molecular weight excluding hydrogens is 267 g/mol. The van der Waals surface area contributed by atoms with Gasteiger partial charge in [0.15, 0.2) is 12.0 Å². The van der Waals surface area contributed by atoms with Gasteiger partial charge in [0.2, 0.25) is 0 Å². The van der Waals surface area contributed by atoms with Gasteiger partial charge in [-0.15, -0.1) is 0 Å². The van der Waals surface area contributed by atoms with Gasteiger partial charge < -0.3 is 20.7 Å². The van der Waals surface area contributed by atoms with Crippen LogP contribution in [0.3, 0.4) is 0 Å². The first-order valence-corrected chi connectivity index (χ1v) is 6.17. The zero-order chi connectivity index (χ0) is 14.5. The predicted molar refractivity (Wildman–Crippen MR) is 67.6 cm³/mol. The first-order chi connectivity index (χ1) is 9.48. The highest BCUT2D eigenvalue weighted by atomic mass is 19.1. The van der Waals surface area contributed by atoms with E-state index in [1.807, 2.05) is 0 Å². The van der Waals surface area contributed by atoms with Crippen LogP contribution < -0.4 is 5.73 Å². The Morgan fingerprint density at radius 1 is 1.55 bits per heavy atom. The Kier molecular flexibility index (Phi) is 2.89. The molecule has 0 radical (unpaired) electrons. The Morgan fingerprint density at radius 3 is 2.95 bits per heavy atom. The van der Waals surface area contributed by atoms with Crippen LogP contribution in [0.2, 0.25) is 0 Å². The molecule has 2 aromatic heterocycles. The van der Waals surface area contributed by atoms with E-state index < -0.39 is 30.6 Å². The second-order valence-electron chi connectivity index (χ2n) is 5.10. The molecule has 2 aromatic rings. The summed E-state index contributed by atoms with van der Waals surface area (Å²) >= 11 is 0. The maximum Gasteiger partial charge on any atom is 0.160 e. The fourth-order valence-corrected chi connectivity index (χ4v) is 2.47. The average Bonchev–Trinajstić information content (AvgIpc) is 2.96. The topological polar surface area (TPSA) is 106 Å². The molecule has 7 nitrogen and oxygen atoms in total. The number of rotatable bonds is 2. The number of anilines is 1. The van der Waals surface area contributed by atoms with Crippen LogP contribution in [-0.2, 0) is 4.74 Å². The second kappa shape index (κ2) is 4.37. The molecule has 3 heterocycles. The van der Waals surface area contributed by atoms with E-state index in [-0.39, 0.29) is 5.82 Å². The van der Waals surface area contributed by atoms with Crippen molar-refractivity contribution in [2.75, 3.05) is 12.3 Å². The minimum absolute atomic E-state index is 0.269. The fourth-order valence-electron chi connectivity index (χ4n) is 2.47. The Labute approximate surface area is 113 Å². The van der Waals surface area contributed by atoms with Gasteiger partial charge >= 0.3 is 0 Å². The van der Waals surface area contributed by atoms with Crippen LogP contribution >= 0.6 is 0 Å². The van der Waals surface area contributed by atoms with Crippen molar-refractivity contribution in [2.45, 2.75) is 30.9 Å². The normalized spacial score (nSPS) is 33.9. The highest BCUT2D eigenvalue weighted by Crippen LogP contribution is 2.41. The number of halogens is 1. The Bertz CT molecular complexity index is 649. The minimum Gasteiger partial charge on any atom is -0.393 e. The highest BCUT2D eigenvalue weighted by molar-refractivity contribution is 5.65. The molecule has 20 heavy (non-hydrogen) atoms. The lowest BCUT2D eigenvalue weighted by molar-refractivity contribution is -0.100. The number of ether oxygens (including phenoxy) is 1.